The van der Waals surface area contributed by atoms with Crippen molar-refractivity contribution in [1.29, 1.82) is 0 Å². The number of benzene rings is 3. The second-order valence-electron chi connectivity index (χ2n) is 11.2. The van der Waals surface area contributed by atoms with Gasteiger partial charge in [-0.15, -0.1) is 0 Å². The molecule has 46 heavy (non-hydrogen) atoms. The highest BCUT2D eigenvalue weighted by Gasteiger charge is 2.35. The van der Waals surface area contributed by atoms with E-state index < -0.39 is 23.9 Å². The number of aryl methyl sites for hydroxylation is 1. The Morgan fingerprint density at radius 3 is 2.67 bits per heavy atom. The summed E-state index contributed by atoms with van der Waals surface area (Å²) in [5.74, 6) is -0.0388. The van der Waals surface area contributed by atoms with Crippen LogP contribution in [0.1, 0.15) is 34.5 Å². The molecule has 3 heterocycles. The quantitative estimate of drug-likeness (QED) is 0.349. The molecular weight excluding hydrogens is 595 g/mol. The number of rotatable bonds is 3. The SMILES string of the molecule is COc1ccc2cc1OCC(=O)N[C@@H]1CN(C(=O)c3cc(-c4ccccc4)on3)CC[C@H]1Oc1cc(F)cc(c1)CNC(=O)CC2. The van der Waals surface area contributed by atoms with Crippen molar-refractivity contribution < 1.29 is 37.5 Å². The van der Waals surface area contributed by atoms with Crippen LogP contribution in [0.2, 0.25) is 0 Å². The molecule has 0 saturated carbocycles. The molecule has 0 aliphatic carbocycles. The maximum atomic E-state index is 14.6. The van der Waals surface area contributed by atoms with E-state index >= 15 is 0 Å². The number of likely N-dealkylation sites (tertiary alicyclic amines) is 1. The third kappa shape index (κ3) is 7.28. The first-order valence-electron chi connectivity index (χ1n) is 15.0. The molecule has 2 aliphatic heterocycles. The fraction of sp³-hybridized carbons (Fsp3) is 0.294. The molecule has 3 amide bonds. The summed E-state index contributed by atoms with van der Waals surface area (Å²) in [6.45, 7) is 0.160. The maximum absolute atomic E-state index is 14.6. The molecule has 238 valence electrons. The van der Waals surface area contributed by atoms with E-state index in [-0.39, 0.29) is 49.4 Å². The van der Waals surface area contributed by atoms with E-state index in [1.54, 1.807) is 29.2 Å². The second-order valence-corrected chi connectivity index (χ2v) is 11.2. The van der Waals surface area contributed by atoms with Gasteiger partial charge < -0.3 is 34.3 Å². The third-order valence-electron chi connectivity index (χ3n) is 7.91. The molecule has 2 N–H and O–H groups in total. The lowest BCUT2D eigenvalue weighted by Crippen LogP contribution is -2.58. The van der Waals surface area contributed by atoms with Crippen LogP contribution >= 0.6 is 0 Å². The van der Waals surface area contributed by atoms with Crippen LogP contribution in [0.4, 0.5) is 4.39 Å². The van der Waals surface area contributed by atoms with E-state index in [2.05, 4.69) is 15.8 Å². The number of carbonyl (C=O) groups excluding carboxylic acids is 3. The van der Waals surface area contributed by atoms with Crippen LogP contribution in [0.5, 0.6) is 17.2 Å². The van der Waals surface area contributed by atoms with Gasteiger partial charge in [-0.1, -0.05) is 41.6 Å². The van der Waals surface area contributed by atoms with Crippen molar-refractivity contribution in [3.8, 4) is 28.6 Å². The smallest absolute Gasteiger partial charge is 0.276 e. The van der Waals surface area contributed by atoms with E-state index in [1.807, 2.05) is 36.4 Å². The van der Waals surface area contributed by atoms with Crippen molar-refractivity contribution in [2.45, 2.75) is 38.0 Å². The zero-order valence-corrected chi connectivity index (χ0v) is 25.2. The molecule has 1 saturated heterocycles. The molecule has 0 unspecified atom stereocenters. The zero-order valence-electron chi connectivity index (χ0n) is 25.2. The molecule has 11 nitrogen and oxygen atoms in total. The molecule has 2 atom stereocenters. The first-order chi connectivity index (χ1) is 22.3. The highest BCUT2D eigenvalue weighted by atomic mass is 19.1. The first kappa shape index (κ1) is 30.6. The van der Waals surface area contributed by atoms with E-state index in [0.717, 1.165) is 11.1 Å². The van der Waals surface area contributed by atoms with E-state index in [1.165, 1.54) is 19.2 Å². The molecule has 4 bridgehead atoms. The van der Waals surface area contributed by atoms with Crippen LogP contribution < -0.4 is 24.8 Å². The molecule has 12 heteroatoms. The molecule has 3 aromatic carbocycles. The number of carbonyl (C=O) groups is 3. The van der Waals surface area contributed by atoms with Gasteiger partial charge in [-0.3, -0.25) is 14.4 Å². The predicted molar refractivity (Wildman–Crippen MR) is 164 cm³/mol. The highest BCUT2D eigenvalue weighted by Crippen LogP contribution is 2.29. The minimum Gasteiger partial charge on any atom is -0.493 e. The number of methoxy groups -OCH3 is 1. The number of nitrogens with one attached hydrogen (secondary N) is 2. The normalized spacial score (nSPS) is 18.9. The minimum atomic E-state index is -0.673. The van der Waals surface area contributed by atoms with E-state index in [0.29, 0.717) is 42.2 Å². The van der Waals surface area contributed by atoms with E-state index in [4.69, 9.17) is 18.7 Å². The van der Waals surface area contributed by atoms with Crippen molar-refractivity contribution in [1.82, 2.24) is 20.7 Å². The molecule has 1 fully saturated rings. The molecule has 2 aliphatic rings. The summed E-state index contributed by atoms with van der Waals surface area (Å²) in [6.07, 6.45) is 0.346. The van der Waals surface area contributed by atoms with Crippen molar-refractivity contribution >= 4 is 17.7 Å². The largest absolute Gasteiger partial charge is 0.493 e. The van der Waals surface area contributed by atoms with Crippen molar-refractivity contribution in [2.24, 2.45) is 0 Å². The topological polar surface area (TPSA) is 132 Å². The van der Waals surface area contributed by atoms with Crippen LogP contribution in [0.15, 0.2) is 77.3 Å². The number of halogens is 1. The van der Waals surface area contributed by atoms with Crippen LogP contribution in [0, 0.1) is 5.82 Å². The van der Waals surface area contributed by atoms with Gasteiger partial charge in [-0.05, 0) is 41.8 Å². The second kappa shape index (κ2) is 13.7. The Labute approximate surface area is 264 Å². The Balaban J connectivity index is 1.25. The number of amides is 3. The fourth-order valence-corrected chi connectivity index (χ4v) is 5.56. The first-order valence-corrected chi connectivity index (χ1v) is 15.0. The Bertz CT molecular complexity index is 1730. The number of aromatic nitrogens is 1. The lowest BCUT2D eigenvalue weighted by molar-refractivity contribution is -0.125. The Morgan fingerprint density at radius 1 is 1.00 bits per heavy atom. The summed E-state index contributed by atoms with van der Waals surface area (Å²) in [5, 5.41) is 9.77. The van der Waals surface area contributed by atoms with Crippen LogP contribution in [-0.2, 0) is 22.6 Å². The molecule has 6 rings (SSSR count). The third-order valence-corrected chi connectivity index (χ3v) is 7.91. The predicted octanol–water partition coefficient (Wildman–Crippen LogP) is 3.91. The van der Waals surface area contributed by atoms with Gasteiger partial charge in [0.15, 0.2) is 29.6 Å². The Hall–Kier alpha value is -5.39. The molecule has 1 aromatic heterocycles. The number of ether oxygens (including phenoxy) is 3. The average Bonchev–Trinajstić information content (AvgIpc) is 3.56. The maximum Gasteiger partial charge on any atom is 0.276 e. The lowest BCUT2D eigenvalue weighted by atomic mass is 10.0. The summed E-state index contributed by atoms with van der Waals surface area (Å²) in [6, 6.07) is 19.7. The number of hydrogen-bond donors (Lipinski definition) is 2. The number of hydrogen-bond acceptors (Lipinski definition) is 8. The molecule has 0 radical (unpaired) electrons. The summed E-state index contributed by atoms with van der Waals surface area (Å²) in [7, 11) is 1.50. The summed E-state index contributed by atoms with van der Waals surface area (Å²) >= 11 is 0. The molecular formula is C34H33FN4O7. The molecule has 0 spiro atoms. The number of nitrogens with zero attached hydrogens (tertiary/aromatic N) is 2. The number of piperidine rings is 1. The van der Waals surface area contributed by atoms with Gasteiger partial charge in [-0.25, -0.2) is 4.39 Å². The summed E-state index contributed by atoms with van der Waals surface area (Å²) in [4.78, 5) is 40.9. The average molecular weight is 629 g/mol. The van der Waals surface area contributed by atoms with Gasteiger partial charge in [0.25, 0.3) is 11.8 Å². The van der Waals surface area contributed by atoms with Crippen LogP contribution in [-0.4, -0.2) is 66.7 Å². The zero-order chi connectivity index (χ0) is 32.0. The van der Waals surface area contributed by atoms with E-state index in [9.17, 15) is 18.8 Å². The van der Waals surface area contributed by atoms with Crippen molar-refractivity contribution in [2.75, 3.05) is 26.8 Å². The van der Waals surface area contributed by atoms with Crippen molar-refractivity contribution in [3.63, 3.8) is 0 Å². The standard InChI is InChI=1S/C34H33FN4O7/c1-43-29-9-7-21-8-10-32(40)36-18-22-13-24(35)16-25(14-22)45-28-11-12-39(19-27(28)37-33(41)20-44-31(29)15-21)34(42)26-17-30(46-38-26)23-5-3-2-4-6-23/h2-7,9,13-17,27-28H,8,10-12,18-20H2,1H3,(H,36,40)(H,37,41)/t27-,28-/m1/s1. The van der Waals surface area contributed by atoms with Gasteiger partial charge in [0.05, 0.1) is 13.2 Å². The van der Waals surface area contributed by atoms with Gasteiger partial charge in [-0.2, -0.15) is 0 Å². The van der Waals surface area contributed by atoms with Crippen LogP contribution in [0.3, 0.4) is 0 Å². The Kier molecular flexibility index (Phi) is 9.13. The van der Waals surface area contributed by atoms with Crippen molar-refractivity contribution in [3.05, 3.63) is 95.4 Å². The monoisotopic (exact) mass is 628 g/mol. The molecule has 4 aromatic rings. The fourth-order valence-electron chi connectivity index (χ4n) is 5.56. The lowest BCUT2D eigenvalue weighted by Gasteiger charge is -2.38. The van der Waals surface area contributed by atoms with Gasteiger partial charge in [0, 0.05) is 50.2 Å². The van der Waals surface area contributed by atoms with Gasteiger partial charge in [0.1, 0.15) is 17.7 Å². The highest BCUT2D eigenvalue weighted by molar-refractivity contribution is 5.93. The number of fused-ring (bicyclic) bond motifs is 5. The van der Waals surface area contributed by atoms with Gasteiger partial charge >= 0.3 is 0 Å². The van der Waals surface area contributed by atoms with Gasteiger partial charge in [0.2, 0.25) is 5.91 Å². The summed E-state index contributed by atoms with van der Waals surface area (Å²) in [5.41, 5.74) is 2.27. The van der Waals surface area contributed by atoms with Crippen LogP contribution in [0.25, 0.3) is 11.3 Å². The summed E-state index contributed by atoms with van der Waals surface area (Å²) < 4.78 is 37.5. The minimum absolute atomic E-state index is 0.0970. The Morgan fingerprint density at radius 2 is 1.85 bits per heavy atom.